The predicted octanol–water partition coefficient (Wildman–Crippen LogP) is 5.67. The van der Waals surface area contributed by atoms with E-state index in [9.17, 15) is 18.0 Å². The number of imide groups is 1. The van der Waals surface area contributed by atoms with E-state index >= 15 is 0 Å². The second-order valence-corrected chi connectivity index (χ2v) is 11.6. The van der Waals surface area contributed by atoms with Gasteiger partial charge in [0.2, 0.25) is 21.8 Å². The molecular weight excluding hydrogens is 550 g/mol. The standard InChI is InChI=1S/C30H22ClN3O5S/c31-24-11-5-4-8-21(24)19-33(40(37,38)23-9-2-1-3-10-23)26-18-28(35)34(30(26)36)22-16-14-20(15-17-22)29-32-25-12-6-7-13-27(25)39-29/h1-17,26H,18-19H2. The molecule has 0 bridgehead atoms. The first kappa shape index (κ1) is 25.9. The number of hydrogen-bond acceptors (Lipinski definition) is 6. The maximum absolute atomic E-state index is 13.8. The summed E-state index contributed by atoms with van der Waals surface area (Å²) >= 11 is 6.36. The molecule has 0 radical (unpaired) electrons. The zero-order valence-corrected chi connectivity index (χ0v) is 22.5. The Labute approximate surface area is 235 Å². The summed E-state index contributed by atoms with van der Waals surface area (Å²) in [6.45, 7) is -0.176. The maximum Gasteiger partial charge on any atom is 0.252 e. The van der Waals surface area contributed by atoms with Gasteiger partial charge in [-0.15, -0.1) is 0 Å². The minimum Gasteiger partial charge on any atom is -0.436 e. The molecular formula is C30H22ClN3O5S. The molecule has 1 aliphatic rings. The Hall–Kier alpha value is -4.31. The van der Waals surface area contributed by atoms with E-state index in [0.29, 0.717) is 38.8 Å². The molecule has 1 fully saturated rings. The van der Waals surface area contributed by atoms with Gasteiger partial charge in [0.1, 0.15) is 11.6 Å². The number of halogens is 1. The summed E-state index contributed by atoms with van der Waals surface area (Å²) in [7, 11) is -4.16. The molecule has 8 nitrogen and oxygen atoms in total. The minimum atomic E-state index is -4.16. The Bertz CT molecular complexity index is 1810. The molecule has 10 heteroatoms. The fraction of sp³-hybridized carbons (Fsp3) is 0.100. The number of oxazole rings is 1. The van der Waals surface area contributed by atoms with E-state index in [4.69, 9.17) is 16.0 Å². The van der Waals surface area contributed by atoms with E-state index in [1.807, 2.05) is 24.3 Å². The molecule has 2 heterocycles. The van der Waals surface area contributed by atoms with Crippen molar-refractivity contribution in [1.29, 1.82) is 0 Å². The van der Waals surface area contributed by atoms with Crippen molar-refractivity contribution in [2.45, 2.75) is 23.9 Å². The fourth-order valence-corrected chi connectivity index (χ4v) is 6.52. The predicted molar refractivity (Wildman–Crippen MR) is 151 cm³/mol. The minimum absolute atomic E-state index is 0.0171. The van der Waals surface area contributed by atoms with Crippen LogP contribution in [0.4, 0.5) is 5.69 Å². The number of fused-ring (bicyclic) bond motifs is 1. The second-order valence-electron chi connectivity index (χ2n) is 9.28. The third-order valence-electron chi connectivity index (χ3n) is 6.77. The van der Waals surface area contributed by atoms with Crippen LogP contribution in [0.3, 0.4) is 0 Å². The van der Waals surface area contributed by atoms with Gasteiger partial charge in [-0.25, -0.2) is 18.3 Å². The highest BCUT2D eigenvalue weighted by Crippen LogP contribution is 2.33. The van der Waals surface area contributed by atoms with Crippen molar-refractivity contribution >= 4 is 50.2 Å². The molecule has 1 unspecified atom stereocenters. The number of nitrogens with zero attached hydrogens (tertiary/aromatic N) is 3. The number of hydrogen-bond donors (Lipinski definition) is 0. The monoisotopic (exact) mass is 571 g/mol. The van der Waals surface area contributed by atoms with E-state index in [2.05, 4.69) is 4.98 Å². The van der Waals surface area contributed by atoms with Crippen molar-refractivity contribution in [1.82, 2.24) is 9.29 Å². The highest BCUT2D eigenvalue weighted by Gasteiger charge is 2.47. The third kappa shape index (κ3) is 4.68. The van der Waals surface area contributed by atoms with Crippen LogP contribution in [0.5, 0.6) is 0 Å². The Kier molecular flexibility index (Phi) is 6.71. The lowest BCUT2D eigenvalue weighted by molar-refractivity contribution is -0.122. The molecule has 5 aromatic rings. The van der Waals surface area contributed by atoms with Crippen LogP contribution in [0, 0.1) is 0 Å². The average Bonchev–Trinajstić information content (AvgIpc) is 3.53. The van der Waals surface area contributed by atoms with E-state index in [0.717, 1.165) is 9.21 Å². The zero-order valence-electron chi connectivity index (χ0n) is 21.0. The van der Waals surface area contributed by atoms with Gasteiger partial charge in [0.15, 0.2) is 5.58 Å². The first-order valence-electron chi connectivity index (χ1n) is 12.5. The maximum atomic E-state index is 13.8. The van der Waals surface area contributed by atoms with Crippen LogP contribution in [0.2, 0.25) is 5.02 Å². The van der Waals surface area contributed by atoms with Gasteiger partial charge in [-0.05, 0) is 60.2 Å². The molecule has 40 heavy (non-hydrogen) atoms. The normalized spacial score (nSPS) is 15.8. The Morgan fingerprint density at radius 1 is 0.875 bits per heavy atom. The number of rotatable bonds is 7. The highest BCUT2D eigenvalue weighted by molar-refractivity contribution is 7.89. The van der Waals surface area contributed by atoms with Crippen molar-refractivity contribution in [3.63, 3.8) is 0 Å². The van der Waals surface area contributed by atoms with Crippen LogP contribution in [0.25, 0.3) is 22.6 Å². The number of anilines is 1. The SMILES string of the molecule is O=C1CC(N(Cc2ccccc2Cl)S(=O)(=O)c2ccccc2)C(=O)N1c1ccc(-c2nc3ccccc3o2)cc1. The number of aromatic nitrogens is 1. The Morgan fingerprint density at radius 2 is 1.55 bits per heavy atom. The zero-order chi connectivity index (χ0) is 27.9. The number of carbonyl (C=O) groups excluding carboxylic acids is 2. The summed E-state index contributed by atoms with van der Waals surface area (Å²) in [5.74, 6) is -0.729. The molecule has 4 aromatic carbocycles. The topological polar surface area (TPSA) is 101 Å². The van der Waals surface area contributed by atoms with E-state index < -0.39 is 27.9 Å². The van der Waals surface area contributed by atoms with Gasteiger partial charge in [-0.1, -0.05) is 60.1 Å². The number of amides is 2. The molecule has 1 saturated heterocycles. The molecule has 0 aliphatic carbocycles. The summed E-state index contributed by atoms with van der Waals surface area (Å²) in [6, 6.07) is 27.4. The van der Waals surface area contributed by atoms with Crippen LogP contribution in [0.1, 0.15) is 12.0 Å². The Balaban J connectivity index is 1.33. The number of carbonyl (C=O) groups is 2. The molecule has 1 aliphatic heterocycles. The van der Waals surface area contributed by atoms with Crippen LogP contribution in [-0.4, -0.2) is 35.6 Å². The smallest absolute Gasteiger partial charge is 0.252 e. The molecule has 200 valence electrons. The molecule has 0 N–H and O–H groups in total. The fourth-order valence-electron chi connectivity index (χ4n) is 4.75. The van der Waals surface area contributed by atoms with E-state index in [-0.39, 0.29) is 17.9 Å². The quantitative estimate of drug-likeness (QED) is 0.233. The molecule has 0 saturated carbocycles. The first-order chi connectivity index (χ1) is 19.3. The van der Waals surface area contributed by atoms with Gasteiger partial charge >= 0.3 is 0 Å². The molecule has 0 spiro atoms. The van der Waals surface area contributed by atoms with Crippen LogP contribution in [-0.2, 0) is 26.2 Å². The van der Waals surface area contributed by atoms with E-state index in [1.54, 1.807) is 66.7 Å². The van der Waals surface area contributed by atoms with Gasteiger partial charge in [0.05, 0.1) is 17.0 Å². The van der Waals surface area contributed by atoms with Gasteiger partial charge in [-0.3, -0.25) is 9.59 Å². The average molecular weight is 572 g/mol. The van der Waals surface area contributed by atoms with Crippen LogP contribution in [0.15, 0.2) is 112 Å². The number of para-hydroxylation sites is 2. The van der Waals surface area contributed by atoms with Gasteiger partial charge in [-0.2, -0.15) is 4.31 Å². The first-order valence-corrected chi connectivity index (χ1v) is 14.3. The van der Waals surface area contributed by atoms with Gasteiger partial charge in [0.25, 0.3) is 5.91 Å². The van der Waals surface area contributed by atoms with Crippen LogP contribution >= 0.6 is 11.6 Å². The molecule has 1 atom stereocenters. The second kappa shape index (κ2) is 10.3. The van der Waals surface area contributed by atoms with Crippen molar-refractivity contribution in [2.75, 3.05) is 4.90 Å². The summed E-state index contributed by atoms with van der Waals surface area (Å²) < 4.78 is 34.5. The summed E-state index contributed by atoms with van der Waals surface area (Å²) in [5.41, 5.74) is 2.87. The largest absolute Gasteiger partial charge is 0.436 e. The third-order valence-corrected chi connectivity index (χ3v) is 9.01. The summed E-state index contributed by atoms with van der Waals surface area (Å²) in [4.78, 5) is 32.4. The van der Waals surface area contributed by atoms with Crippen molar-refractivity contribution in [2.24, 2.45) is 0 Å². The summed E-state index contributed by atoms with van der Waals surface area (Å²) in [5, 5.41) is 0.360. The molecule has 1 aromatic heterocycles. The highest BCUT2D eigenvalue weighted by atomic mass is 35.5. The summed E-state index contributed by atoms with van der Waals surface area (Å²) in [6.07, 6.45) is -0.303. The number of benzene rings is 4. The Morgan fingerprint density at radius 3 is 2.27 bits per heavy atom. The van der Waals surface area contributed by atoms with Crippen molar-refractivity contribution < 1.29 is 22.4 Å². The van der Waals surface area contributed by atoms with Crippen molar-refractivity contribution in [3.05, 3.63) is 114 Å². The van der Waals surface area contributed by atoms with E-state index in [1.165, 1.54) is 12.1 Å². The lowest BCUT2D eigenvalue weighted by Gasteiger charge is -2.27. The lowest BCUT2D eigenvalue weighted by atomic mass is 10.2. The lowest BCUT2D eigenvalue weighted by Crippen LogP contribution is -2.45. The van der Waals surface area contributed by atoms with Gasteiger partial charge < -0.3 is 4.42 Å². The van der Waals surface area contributed by atoms with Crippen molar-refractivity contribution in [3.8, 4) is 11.5 Å². The molecule has 6 rings (SSSR count). The number of sulfonamides is 1. The van der Waals surface area contributed by atoms with Crippen LogP contribution < -0.4 is 4.90 Å². The molecule has 2 amide bonds. The van der Waals surface area contributed by atoms with Gasteiger partial charge in [0, 0.05) is 17.1 Å².